The zero-order valence-electron chi connectivity index (χ0n) is 4.02. The Morgan fingerprint density at radius 1 is 1.86 bits per heavy atom. The Morgan fingerprint density at radius 2 is 2.43 bits per heavy atom. The summed E-state index contributed by atoms with van der Waals surface area (Å²) in [5, 5.41) is 0. The van der Waals surface area contributed by atoms with Crippen LogP contribution in [0.1, 0.15) is 6.42 Å². The first-order valence-electron chi connectivity index (χ1n) is 1.92. The molecule has 0 aliphatic rings. The van der Waals surface area contributed by atoms with Crippen LogP contribution in [0, 0.1) is 7.11 Å². The quantitative estimate of drug-likeness (QED) is 0.530. The molecule has 0 rings (SSSR count). The second kappa shape index (κ2) is 3.61. The van der Waals surface area contributed by atoms with Crippen LogP contribution in [0.4, 0.5) is 0 Å². The Balaban J connectivity index is 2.82. The summed E-state index contributed by atoms with van der Waals surface area (Å²) in [7, 11) is 3.05. The average Bonchev–Trinajstić information content (AvgIpc) is 1.61. The zero-order chi connectivity index (χ0) is 5.70. The predicted molar refractivity (Wildman–Crippen MR) is 25.1 cm³/mol. The summed E-state index contributed by atoms with van der Waals surface area (Å²) in [6, 6.07) is 0. The van der Waals surface area contributed by atoms with E-state index < -0.39 is 0 Å². The van der Waals surface area contributed by atoms with Gasteiger partial charge in [-0.15, -0.1) is 0 Å². The van der Waals surface area contributed by atoms with Crippen molar-refractivity contribution in [3.05, 3.63) is 7.11 Å². The van der Waals surface area contributed by atoms with Crippen LogP contribution in [0.25, 0.3) is 0 Å². The molecule has 1 amide bonds. The van der Waals surface area contributed by atoms with E-state index in [4.69, 9.17) is 5.73 Å². The summed E-state index contributed by atoms with van der Waals surface area (Å²) in [5.41, 5.74) is 4.73. The molecule has 0 unspecified atom stereocenters. The third kappa shape index (κ3) is 5.43. The Morgan fingerprint density at radius 3 is 2.57 bits per heavy atom. The number of carbonyl (C=O) groups excluding carboxylic acids is 1. The maximum atomic E-state index is 9.87. The smallest absolute Gasteiger partial charge is 0.219 e. The number of ether oxygens (including phenoxy) is 1. The minimum atomic E-state index is -0.358. The molecule has 41 valence electrons. The van der Waals surface area contributed by atoms with Crippen LogP contribution in [0.3, 0.4) is 0 Å². The summed E-state index contributed by atoms with van der Waals surface area (Å²) < 4.78 is 4.30. The molecule has 7 heavy (non-hydrogen) atoms. The van der Waals surface area contributed by atoms with Crippen molar-refractivity contribution in [1.29, 1.82) is 0 Å². The number of hydrogen-bond donors (Lipinski definition) is 1. The first-order chi connectivity index (χ1) is 3.27. The van der Waals surface area contributed by atoms with Gasteiger partial charge in [0.05, 0.1) is 13.7 Å². The topological polar surface area (TPSA) is 52.3 Å². The maximum absolute atomic E-state index is 9.87. The third-order valence-electron chi connectivity index (χ3n) is 0.493. The number of amides is 1. The highest BCUT2D eigenvalue weighted by atomic mass is 16.5. The van der Waals surface area contributed by atoms with Crippen LogP contribution < -0.4 is 5.73 Å². The molecule has 1 radical (unpaired) electrons. The van der Waals surface area contributed by atoms with Crippen LogP contribution in [0.2, 0.25) is 0 Å². The first kappa shape index (κ1) is 6.43. The van der Waals surface area contributed by atoms with Crippen molar-refractivity contribution in [1.82, 2.24) is 0 Å². The Hall–Kier alpha value is -0.570. The minimum absolute atomic E-state index is 0.253. The molecular weight excluding hydrogens is 94.0 g/mol. The second-order valence-electron chi connectivity index (χ2n) is 1.12. The minimum Gasteiger partial charge on any atom is -0.379 e. The Bertz CT molecular complexity index is 62.7. The van der Waals surface area contributed by atoms with Gasteiger partial charge in [-0.05, 0) is 0 Å². The number of primary amides is 1. The lowest BCUT2D eigenvalue weighted by Crippen LogP contribution is -2.12. The van der Waals surface area contributed by atoms with Crippen molar-refractivity contribution in [3.8, 4) is 0 Å². The molecule has 0 heterocycles. The van der Waals surface area contributed by atoms with Crippen LogP contribution in [0.5, 0.6) is 0 Å². The van der Waals surface area contributed by atoms with Crippen molar-refractivity contribution in [2.75, 3.05) is 6.61 Å². The molecule has 0 aromatic heterocycles. The van der Waals surface area contributed by atoms with Gasteiger partial charge in [0.2, 0.25) is 5.91 Å². The molecule has 3 heteroatoms. The molecule has 0 saturated heterocycles. The lowest BCUT2D eigenvalue weighted by molar-refractivity contribution is -0.118. The number of carbonyl (C=O) groups is 1. The lowest BCUT2D eigenvalue weighted by atomic mass is 10.4. The highest BCUT2D eigenvalue weighted by Crippen LogP contribution is 1.75. The van der Waals surface area contributed by atoms with Gasteiger partial charge in [0, 0.05) is 6.42 Å². The van der Waals surface area contributed by atoms with E-state index in [-0.39, 0.29) is 12.3 Å². The van der Waals surface area contributed by atoms with Crippen molar-refractivity contribution in [3.63, 3.8) is 0 Å². The van der Waals surface area contributed by atoms with Crippen molar-refractivity contribution >= 4 is 5.91 Å². The van der Waals surface area contributed by atoms with Gasteiger partial charge in [-0.2, -0.15) is 0 Å². The fraction of sp³-hybridized carbons (Fsp3) is 0.500. The van der Waals surface area contributed by atoms with E-state index in [9.17, 15) is 4.79 Å². The van der Waals surface area contributed by atoms with E-state index >= 15 is 0 Å². The van der Waals surface area contributed by atoms with E-state index in [2.05, 4.69) is 11.8 Å². The molecule has 3 nitrogen and oxygen atoms in total. The highest BCUT2D eigenvalue weighted by Gasteiger charge is 1.88. The van der Waals surface area contributed by atoms with Gasteiger partial charge in [-0.3, -0.25) is 4.79 Å². The molecule has 0 fully saturated rings. The van der Waals surface area contributed by atoms with Crippen LogP contribution in [-0.4, -0.2) is 12.5 Å². The van der Waals surface area contributed by atoms with Gasteiger partial charge in [0.15, 0.2) is 0 Å². The van der Waals surface area contributed by atoms with E-state index in [1.54, 1.807) is 0 Å². The second-order valence-corrected chi connectivity index (χ2v) is 1.12. The fourth-order valence-corrected chi connectivity index (χ4v) is 0.173. The number of rotatable bonds is 3. The van der Waals surface area contributed by atoms with Gasteiger partial charge < -0.3 is 10.5 Å². The molecule has 2 N–H and O–H groups in total. The summed E-state index contributed by atoms with van der Waals surface area (Å²) in [5.74, 6) is -0.358. The van der Waals surface area contributed by atoms with E-state index in [0.717, 1.165) is 0 Å². The van der Waals surface area contributed by atoms with Gasteiger partial charge in [0.1, 0.15) is 0 Å². The van der Waals surface area contributed by atoms with Gasteiger partial charge >= 0.3 is 0 Å². The molecular formula is C4H8NO2. The van der Waals surface area contributed by atoms with Gasteiger partial charge in [-0.25, -0.2) is 0 Å². The largest absolute Gasteiger partial charge is 0.379 e. The molecule has 0 aromatic rings. The van der Waals surface area contributed by atoms with E-state index in [0.29, 0.717) is 6.61 Å². The molecule has 0 aliphatic heterocycles. The Labute approximate surface area is 42.4 Å². The number of nitrogens with two attached hydrogens (primary N) is 1. The van der Waals surface area contributed by atoms with Crippen LogP contribution in [-0.2, 0) is 9.53 Å². The molecule has 0 spiro atoms. The normalized spacial score (nSPS) is 8.71. The first-order valence-corrected chi connectivity index (χ1v) is 1.92. The highest BCUT2D eigenvalue weighted by molar-refractivity contribution is 5.73. The van der Waals surface area contributed by atoms with Crippen molar-refractivity contribution in [2.24, 2.45) is 5.73 Å². The molecule has 0 atom stereocenters. The van der Waals surface area contributed by atoms with E-state index in [1.165, 1.54) is 0 Å². The van der Waals surface area contributed by atoms with Crippen LogP contribution >= 0.6 is 0 Å². The predicted octanol–water partition coefficient (Wildman–Crippen LogP) is -0.330. The Kier molecular flexibility index (Phi) is 3.32. The summed E-state index contributed by atoms with van der Waals surface area (Å²) in [4.78, 5) is 9.87. The molecule has 0 aliphatic carbocycles. The average molecular weight is 102 g/mol. The monoisotopic (exact) mass is 102 g/mol. The number of hydrogen-bond acceptors (Lipinski definition) is 2. The standard InChI is InChI=1S/C4H8NO2/c1-7-3-2-4(5)6/h1-3H2,(H2,5,6). The lowest BCUT2D eigenvalue weighted by Gasteiger charge is -1.89. The summed E-state index contributed by atoms with van der Waals surface area (Å²) in [6.07, 6.45) is 0.253. The van der Waals surface area contributed by atoms with E-state index in [1.807, 2.05) is 0 Å². The summed E-state index contributed by atoms with van der Waals surface area (Å²) in [6.45, 7) is 0.315. The summed E-state index contributed by atoms with van der Waals surface area (Å²) >= 11 is 0. The van der Waals surface area contributed by atoms with Crippen LogP contribution in [0.15, 0.2) is 0 Å². The zero-order valence-corrected chi connectivity index (χ0v) is 4.02. The van der Waals surface area contributed by atoms with Crippen molar-refractivity contribution < 1.29 is 9.53 Å². The third-order valence-corrected chi connectivity index (χ3v) is 0.493. The van der Waals surface area contributed by atoms with Gasteiger partial charge in [0.25, 0.3) is 0 Å². The van der Waals surface area contributed by atoms with Crippen molar-refractivity contribution in [2.45, 2.75) is 6.42 Å². The molecule has 0 saturated carbocycles. The fourth-order valence-electron chi connectivity index (χ4n) is 0.173. The molecule has 0 bridgehead atoms. The molecule has 0 aromatic carbocycles. The maximum Gasteiger partial charge on any atom is 0.219 e. The van der Waals surface area contributed by atoms with Gasteiger partial charge in [-0.1, -0.05) is 0 Å². The SMILES string of the molecule is [CH2]OCCC(N)=O.